The zero-order valence-corrected chi connectivity index (χ0v) is 10.9. The third-order valence-corrected chi connectivity index (χ3v) is 7.56. The van der Waals surface area contributed by atoms with Crippen LogP contribution in [0.15, 0.2) is 5.16 Å². The topological polar surface area (TPSA) is 30.8 Å². The molecule has 4 heteroatoms. The summed E-state index contributed by atoms with van der Waals surface area (Å²) in [6.45, 7) is 12.6. The number of nitrogens with zero attached hydrogens (tertiary/aromatic N) is 1. The van der Waals surface area contributed by atoms with Gasteiger partial charge in [0.05, 0.1) is 12.3 Å². The van der Waals surface area contributed by atoms with Gasteiger partial charge in [0.2, 0.25) is 0 Å². The van der Waals surface area contributed by atoms with Gasteiger partial charge in [0.25, 0.3) is 0 Å². The van der Waals surface area contributed by atoms with Gasteiger partial charge in [-0.1, -0.05) is 25.9 Å². The van der Waals surface area contributed by atoms with E-state index in [1.165, 1.54) is 0 Å². The van der Waals surface area contributed by atoms with Crippen molar-refractivity contribution < 1.29 is 9.26 Å². The van der Waals surface area contributed by atoms with Crippen LogP contribution < -0.4 is 0 Å². The van der Waals surface area contributed by atoms with Gasteiger partial charge in [-0.05, 0) is 18.1 Å². The molecule has 0 atom stereocenters. The van der Waals surface area contributed by atoms with E-state index in [0.717, 1.165) is 18.7 Å². The highest BCUT2D eigenvalue weighted by Crippen LogP contribution is 2.36. The number of hydrogen-bond donors (Lipinski definition) is 0. The highest BCUT2D eigenvalue weighted by atomic mass is 28.4. The highest BCUT2D eigenvalue weighted by Gasteiger charge is 2.37. The minimum atomic E-state index is -1.61. The van der Waals surface area contributed by atoms with Crippen molar-refractivity contribution in [3.05, 3.63) is 0 Å². The summed E-state index contributed by atoms with van der Waals surface area (Å²) in [7, 11) is -1.61. The number of hydrogen-bond acceptors (Lipinski definition) is 3. The second-order valence-corrected chi connectivity index (χ2v) is 10.1. The molecule has 1 aliphatic rings. The standard InChI is InChI=1S/C10H21NO2Si/c1-10(2,3)14(4,5)13-8-9-6-7-12-11-9/h6-8H2,1-5H3. The van der Waals surface area contributed by atoms with Gasteiger partial charge in [-0.3, -0.25) is 0 Å². The van der Waals surface area contributed by atoms with Crippen LogP contribution in [0.3, 0.4) is 0 Å². The average Bonchev–Trinajstić information content (AvgIpc) is 2.50. The molecule has 0 amide bonds. The van der Waals surface area contributed by atoms with Gasteiger partial charge >= 0.3 is 0 Å². The molecule has 82 valence electrons. The normalized spacial score (nSPS) is 17.9. The van der Waals surface area contributed by atoms with Gasteiger partial charge in [0, 0.05) is 6.42 Å². The molecule has 1 heterocycles. The Morgan fingerprint density at radius 2 is 2.07 bits per heavy atom. The van der Waals surface area contributed by atoms with Crippen molar-refractivity contribution >= 4 is 14.0 Å². The fraction of sp³-hybridized carbons (Fsp3) is 0.900. The first-order chi connectivity index (χ1) is 6.33. The second-order valence-electron chi connectivity index (χ2n) is 5.29. The van der Waals surface area contributed by atoms with E-state index in [-0.39, 0.29) is 5.04 Å². The molecule has 0 aliphatic carbocycles. The molecule has 0 bridgehead atoms. The van der Waals surface area contributed by atoms with Gasteiger partial charge in [-0.2, -0.15) is 0 Å². The zero-order chi connectivity index (χ0) is 10.8. The minimum absolute atomic E-state index is 0.271. The fourth-order valence-electron chi connectivity index (χ4n) is 0.925. The molecule has 0 aromatic rings. The van der Waals surface area contributed by atoms with Crippen molar-refractivity contribution in [3.63, 3.8) is 0 Å². The molecular weight excluding hydrogens is 194 g/mol. The minimum Gasteiger partial charge on any atom is -0.411 e. The lowest BCUT2D eigenvalue weighted by molar-refractivity contribution is 0.173. The van der Waals surface area contributed by atoms with Crippen LogP contribution in [0.2, 0.25) is 18.1 Å². The van der Waals surface area contributed by atoms with Crippen LogP contribution in [0.1, 0.15) is 27.2 Å². The van der Waals surface area contributed by atoms with E-state index in [0.29, 0.717) is 6.61 Å². The fourth-order valence-corrected chi connectivity index (χ4v) is 1.89. The van der Waals surface area contributed by atoms with Crippen molar-refractivity contribution in [2.45, 2.75) is 45.3 Å². The summed E-state index contributed by atoms with van der Waals surface area (Å²) >= 11 is 0. The Morgan fingerprint density at radius 1 is 1.43 bits per heavy atom. The largest absolute Gasteiger partial charge is 0.411 e. The maximum Gasteiger partial charge on any atom is 0.192 e. The average molecular weight is 215 g/mol. The SMILES string of the molecule is CC(C)(C)[Si](C)(C)OCC1=NOCC1. The van der Waals surface area contributed by atoms with Gasteiger partial charge < -0.3 is 9.26 Å². The third kappa shape index (κ3) is 2.82. The first-order valence-electron chi connectivity index (χ1n) is 5.14. The summed E-state index contributed by atoms with van der Waals surface area (Å²) in [4.78, 5) is 4.93. The summed E-state index contributed by atoms with van der Waals surface area (Å²) in [6, 6.07) is 0. The Labute approximate surface area is 87.6 Å². The molecule has 0 N–H and O–H groups in total. The maximum absolute atomic E-state index is 6.01. The smallest absolute Gasteiger partial charge is 0.192 e. The van der Waals surface area contributed by atoms with Crippen LogP contribution >= 0.6 is 0 Å². The molecule has 0 unspecified atom stereocenters. The number of oxime groups is 1. The molecular formula is C10H21NO2Si. The summed E-state index contributed by atoms with van der Waals surface area (Å²) in [6.07, 6.45) is 0.925. The lowest BCUT2D eigenvalue weighted by atomic mass is 10.2. The Hall–Kier alpha value is -0.353. The Morgan fingerprint density at radius 3 is 2.50 bits per heavy atom. The van der Waals surface area contributed by atoms with Gasteiger partial charge in [-0.15, -0.1) is 0 Å². The van der Waals surface area contributed by atoms with Gasteiger partial charge in [0.15, 0.2) is 8.32 Å². The van der Waals surface area contributed by atoms with Crippen molar-refractivity contribution in [1.29, 1.82) is 0 Å². The molecule has 0 aromatic heterocycles. The molecule has 0 spiro atoms. The Balaban J connectivity index is 2.43. The molecule has 1 aliphatic heterocycles. The Kier molecular flexibility index (Phi) is 3.37. The molecule has 0 saturated carbocycles. The van der Waals surface area contributed by atoms with E-state index in [9.17, 15) is 0 Å². The molecule has 0 radical (unpaired) electrons. The quantitative estimate of drug-likeness (QED) is 0.678. The van der Waals surface area contributed by atoms with E-state index in [4.69, 9.17) is 9.26 Å². The monoisotopic (exact) mass is 215 g/mol. The summed E-state index contributed by atoms with van der Waals surface area (Å²) in [5.74, 6) is 0. The van der Waals surface area contributed by atoms with Crippen LogP contribution in [0.25, 0.3) is 0 Å². The summed E-state index contributed by atoms with van der Waals surface area (Å²) in [5, 5.41) is 4.21. The van der Waals surface area contributed by atoms with Crippen molar-refractivity contribution in [2.24, 2.45) is 5.16 Å². The lowest BCUT2D eigenvalue weighted by Gasteiger charge is -2.36. The predicted octanol–water partition coefficient (Wildman–Crippen LogP) is 2.78. The second kappa shape index (κ2) is 4.02. The van der Waals surface area contributed by atoms with Gasteiger partial charge in [-0.25, -0.2) is 0 Å². The molecule has 1 rings (SSSR count). The van der Waals surface area contributed by atoms with Gasteiger partial charge in [0.1, 0.15) is 6.61 Å². The van der Waals surface area contributed by atoms with Crippen LogP contribution in [0, 0.1) is 0 Å². The molecule has 0 saturated heterocycles. The Bertz CT molecular complexity index is 231. The first-order valence-corrected chi connectivity index (χ1v) is 8.05. The molecule has 3 nitrogen and oxygen atoms in total. The predicted molar refractivity (Wildman–Crippen MR) is 61.2 cm³/mol. The van der Waals surface area contributed by atoms with E-state index >= 15 is 0 Å². The lowest BCUT2D eigenvalue weighted by Crippen LogP contribution is -2.41. The van der Waals surface area contributed by atoms with Crippen LogP contribution in [-0.4, -0.2) is 27.2 Å². The van der Waals surface area contributed by atoms with Crippen molar-refractivity contribution in [3.8, 4) is 0 Å². The molecule has 14 heavy (non-hydrogen) atoms. The number of rotatable bonds is 3. The van der Waals surface area contributed by atoms with Crippen molar-refractivity contribution in [2.75, 3.05) is 13.2 Å². The highest BCUT2D eigenvalue weighted by molar-refractivity contribution is 6.74. The molecule has 0 fully saturated rings. The third-order valence-electron chi connectivity index (χ3n) is 3.08. The summed E-state index contributed by atoms with van der Waals surface area (Å²) < 4.78 is 6.01. The zero-order valence-electron chi connectivity index (χ0n) is 9.89. The summed E-state index contributed by atoms with van der Waals surface area (Å²) in [5.41, 5.74) is 1.05. The van der Waals surface area contributed by atoms with E-state index < -0.39 is 8.32 Å². The maximum atomic E-state index is 6.01. The van der Waals surface area contributed by atoms with Crippen LogP contribution in [-0.2, 0) is 9.26 Å². The van der Waals surface area contributed by atoms with Crippen LogP contribution in [0.4, 0.5) is 0 Å². The van der Waals surface area contributed by atoms with E-state index in [1.807, 2.05) is 0 Å². The van der Waals surface area contributed by atoms with Crippen molar-refractivity contribution in [1.82, 2.24) is 0 Å². The molecule has 0 aromatic carbocycles. The first kappa shape index (κ1) is 11.7. The van der Waals surface area contributed by atoms with E-state index in [1.54, 1.807) is 0 Å². The van der Waals surface area contributed by atoms with Crippen LogP contribution in [0.5, 0.6) is 0 Å². The van der Waals surface area contributed by atoms with E-state index in [2.05, 4.69) is 39.0 Å².